The van der Waals surface area contributed by atoms with E-state index in [1.165, 1.54) is 37.3 Å². The lowest BCUT2D eigenvalue weighted by molar-refractivity contribution is 0.355. The number of aryl methyl sites for hydroxylation is 1. The van der Waals surface area contributed by atoms with Gasteiger partial charge in [0.1, 0.15) is 0 Å². The third-order valence-electron chi connectivity index (χ3n) is 4.24. The number of hydrogen-bond donors (Lipinski definition) is 1. The van der Waals surface area contributed by atoms with Crippen LogP contribution in [0.1, 0.15) is 5.56 Å². The molecule has 0 spiro atoms. The summed E-state index contributed by atoms with van der Waals surface area (Å²) in [5, 5.41) is 9.10. The summed E-state index contributed by atoms with van der Waals surface area (Å²) in [6.07, 6.45) is 0. The Morgan fingerprint density at radius 2 is 1.76 bits per heavy atom. The van der Waals surface area contributed by atoms with Crippen LogP contribution in [-0.4, -0.2) is 34.0 Å². The zero-order valence-electron chi connectivity index (χ0n) is 15.9. The van der Waals surface area contributed by atoms with Crippen molar-refractivity contribution in [3.05, 3.63) is 52.3 Å². The minimum atomic E-state index is -0.222. The maximum Gasteiger partial charge on any atom is 0.266 e. The maximum absolute atomic E-state index is 13.5. The van der Waals surface area contributed by atoms with Gasteiger partial charge in [-0.3, -0.25) is 9.36 Å². The third-order valence-corrected chi connectivity index (χ3v) is 6.00. The van der Waals surface area contributed by atoms with Crippen molar-refractivity contribution in [3.8, 4) is 17.2 Å². The molecule has 0 bridgehead atoms. The van der Waals surface area contributed by atoms with Crippen molar-refractivity contribution >= 4 is 39.1 Å². The Morgan fingerprint density at radius 3 is 2.38 bits per heavy atom. The number of methoxy groups -OCH3 is 2. The number of anilines is 1. The molecule has 8 nitrogen and oxygen atoms in total. The van der Waals surface area contributed by atoms with Crippen LogP contribution >= 0.6 is 23.1 Å². The molecule has 0 aliphatic heterocycles. The zero-order valence-corrected chi connectivity index (χ0v) is 17.5. The second-order valence-corrected chi connectivity index (χ2v) is 8.33. The van der Waals surface area contributed by atoms with Gasteiger partial charge in [0.15, 0.2) is 21.0 Å². The average Bonchev–Trinajstić information content (AvgIpc) is 3.13. The Labute approximate surface area is 174 Å². The summed E-state index contributed by atoms with van der Waals surface area (Å²) in [5.41, 5.74) is 7.76. The predicted molar refractivity (Wildman–Crippen MR) is 114 cm³/mol. The Kier molecular flexibility index (Phi) is 5.12. The lowest BCUT2D eigenvalue weighted by Gasteiger charge is -2.14. The molecule has 0 radical (unpaired) electrons. The van der Waals surface area contributed by atoms with Crippen molar-refractivity contribution in [3.63, 3.8) is 0 Å². The van der Waals surface area contributed by atoms with Crippen LogP contribution < -0.4 is 20.8 Å². The highest BCUT2D eigenvalue weighted by atomic mass is 32.2. The van der Waals surface area contributed by atoms with Crippen LogP contribution in [0, 0.1) is 6.92 Å². The first-order valence-electron chi connectivity index (χ1n) is 8.53. The van der Waals surface area contributed by atoms with Gasteiger partial charge in [-0.2, -0.15) is 0 Å². The number of benzene rings is 2. The molecule has 148 valence electrons. The molecule has 0 unspecified atom stereocenters. The molecule has 4 aromatic rings. The summed E-state index contributed by atoms with van der Waals surface area (Å²) in [4.78, 5) is 18.2. The minimum absolute atomic E-state index is 0.222. The number of nitrogen functional groups attached to an aromatic ring is 1. The Balaban J connectivity index is 2.00. The van der Waals surface area contributed by atoms with Gasteiger partial charge in [0, 0.05) is 6.07 Å². The van der Waals surface area contributed by atoms with Gasteiger partial charge in [-0.15, -0.1) is 10.2 Å². The molecule has 2 aromatic heterocycles. The molecular weight excluding hydrogens is 410 g/mol. The molecule has 4 rings (SSSR count). The lowest BCUT2D eigenvalue weighted by atomic mass is 10.2. The second-order valence-electron chi connectivity index (χ2n) is 6.10. The van der Waals surface area contributed by atoms with E-state index in [1.54, 1.807) is 16.7 Å². The summed E-state index contributed by atoms with van der Waals surface area (Å²) in [5.74, 6) is 0.961. The van der Waals surface area contributed by atoms with E-state index in [2.05, 4.69) is 10.2 Å². The van der Waals surface area contributed by atoms with Gasteiger partial charge in [0.2, 0.25) is 5.13 Å². The van der Waals surface area contributed by atoms with Gasteiger partial charge in [-0.25, -0.2) is 4.98 Å². The fourth-order valence-corrected chi connectivity index (χ4v) is 4.47. The van der Waals surface area contributed by atoms with Crippen molar-refractivity contribution < 1.29 is 9.47 Å². The van der Waals surface area contributed by atoms with Crippen LogP contribution in [0.3, 0.4) is 0 Å². The van der Waals surface area contributed by atoms with Crippen LogP contribution in [0.4, 0.5) is 5.13 Å². The zero-order chi connectivity index (χ0) is 20.5. The highest BCUT2D eigenvalue weighted by Crippen LogP contribution is 2.34. The van der Waals surface area contributed by atoms with Crippen molar-refractivity contribution in [2.45, 2.75) is 16.4 Å². The highest BCUT2D eigenvalue weighted by molar-refractivity contribution is 8.00. The molecule has 0 amide bonds. The normalized spacial score (nSPS) is 11.0. The highest BCUT2D eigenvalue weighted by Gasteiger charge is 2.18. The number of hydrogen-bond acceptors (Lipinski definition) is 9. The molecule has 10 heteroatoms. The van der Waals surface area contributed by atoms with Gasteiger partial charge in [0.25, 0.3) is 5.56 Å². The van der Waals surface area contributed by atoms with Crippen molar-refractivity contribution in [2.75, 3.05) is 20.0 Å². The molecule has 0 fully saturated rings. The first kappa shape index (κ1) is 19.2. The molecule has 29 heavy (non-hydrogen) atoms. The molecule has 0 atom stereocenters. The van der Waals surface area contributed by atoms with E-state index in [9.17, 15) is 4.79 Å². The van der Waals surface area contributed by atoms with Gasteiger partial charge in [-0.1, -0.05) is 29.0 Å². The fourth-order valence-electron chi connectivity index (χ4n) is 2.82. The predicted octanol–water partition coefficient (Wildman–Crippen LogP) is 3.30. The van der Waals surface area contributed by atoms with E-state index in [0.29, 0.717) is 42.7 Å². The van der Waals surface area contributed by atoms with E-state index in [0.717, 1.165) is 5.56 Å². The van der Waals surface area contributed by atoms with E-state index >= 15 is 0 Å². The molecule has 0 saturated heterocycles. The van der Waals surface area contributed by atoms with Crippen LogP contribution in [0.15, 0.2) is 50.7 Å². The maximum atomic E-state index is 13.5. The van der Waals surface area contributed by atoms with Gasteiger partial charge >= 0.3 is 0 Å². The average molecular weight is 428 g/mol. The molecule has 2 N–H and O–H groups in total. The molecule has 0 aliphatic carbocycles. The Morgan fingerprint density at radius 1 is 1.07 bits per heavy atom. The lowest BCUT2D eigenvalue weighted by Crippen LogP contribution is -2.21. The van der Waals surface area contributed by atoms with Crippen molar-refractivity contribution in [2.24, 2.45) is 0 Å². The summed E-state index contributed by atoms with van der Waals surface area (Å²) >= 11 is 2.46. The second kappa shape index (κ2) is 7.72. The minimum Gasteiger partial charge on any atom is -0.493 e. The molecule has 0 aliphatic rings. The van der Waals surface area contributed by atoms with E-state index in [4.69, 9.17) is 20.2 Å². The quantitative estimate of drug-likeness (QED) is 0.484. The van der Waals surface area contributed by atoms with E-state index in [1.807, 2.05) is 31.2 Å². The van der Waals surface area contributed by atoms with Crippen LogP contribution in [0.5, 0.6) is 11.5 Å². The number of fused-ring (bicyclic) bond motifs is 1. The number of ether oxygens (including phenoxy) is 2. The monoisotopic (exact) mass is 427 g/mol. The topological polar surface area (TPSA) is 105 Å². The Hall–Kier alpha value is -3.11. The number of rotatable bonds is 5. The Bertz CT molecular complexity index is 1250. The number of aromatic nitrogens is 4. The fraction of sp³-hybridized carbons (Fsp3) is 0.158. The van der Waals surface area contributed by atoms with Gasteiger partial charge in [0.05, 0.1) is 30.8 Å². The SMILES string of the molecule is COc1cc2nc(Sc3nnc(N)s3)n(-c3ccc(C)cc3)c(=O)c2cc1OC. The van der Waals surface area contributed by atoms with Gasteiger partial charge in [-0.05, 0) is 36.9 Å². The third kappa shape index (κ3) is 3.64. The molecule has 2 heterocycles. The van der Waals surface area contributed by atoms with E-state index in [-0.39, 0.29) is 5.56 Å². The summed E-state index contributed by atoms with van der Waals surface area (Å²) < 4.78 is 12.9. The van der Waals surface area contributed by atoms with E-state index < -0.39 is 0 Å². The summed E-state index contributed by atoms with van der Waals surface area (Å²) in [6.45, 7) is 1.99. The van der Waals surface area contributed by atoms with Crippen LogP contribution in [0.25, 0.3) is 16.6 Å². The molecular formula is C19H17N5O3S2. The molecule has 2 aromatic carbocycles. The summed E-state index contributed by atoms with van der Waals surface area (Å²) in [6, 6.07) is 11.0. The number of nitrogens with zero attached hydrogens (tertiary/aromatic N) is 4. The first-order chi connectivity index (χ1) is 14.0. The van der Waals surface area contributed by atoms with Crippen LogP contribution in [0.2, 0.25) is 0 Å². The largest absolute Gasteiger partial charge is 0.493 e. The smallest absolute Gasteiger partial charge is 0.266 e. The number of nitrogens with two attached hydrogens (primary N) is 1. The summed E-state index contributed by atoms with van der Waals surface area (Å²) in [7, 11) is 3.07. The first-order valence-corrected chi connectivity index (χ1v) is 10.2. The van der Waals surface area contributed by atoms with Crippen LogP contribution in [-0.2, 0) is 0 Å². The molecule has 0 saturated carbocycles. The van der Waals surface area contributed by atoms with Gasteiger partial charge < -0.3 is 15.2 Å². The van der Waals surface area contributed by atoms with Crippen molar-refractivity contribution in [1.82, 2.24) is 19.7 Å². The van der Waals surface area contributed by atoms with Crippen molar-refractivity contribution in [1.29, 1.82) is 0 Å². The standard InChI is InChI=1S/C19H17N5O3S2/c1-10-4-6-11(7-5-10)24-16(25)12-8-14(26-2)15(27-3)9-13(12)21-18(24)29-19-23-22-17(20)28-19/h4-9H,1-3H3,(H2,20,22).